The largest absolute Gasteiger partial charge is 0.481 e. The molecule has 2 aromatic rings. The molecule has 0 unspecified atom stereocenters. The summed E-state index contributed by atoms with van der Waals surface area (Å²) in [6, 6.07) is 16.3. The standard InChI is InChI=1S/C18H19NOS/c1-3-13-20-17-11-7-5-9-15(17)14-19-16-10-6-8-12-18(16)21-4-2/h1,5-12,19H,4,13-14H2,2H3. The van der Waals surface area contributed by atoms with Crippen molar-refractivity contribution in [2.75, 3.05) is 17.7 Å². The molecule has 2 aromatic carbocycles. The zero-order valence-electron chi connectivity index (χ0n) is 12.1. The predicted octanol–water partition coefficient (Wildman–Crippen LogP) is 4.42. The van der Waals surface area contributed by atoms with E-state index in [0.717, 1.165) is 22.8 Å². The first kappa shape index (κ1) is 15.3. The van der Waals surface area contributed by atoms with E-state index in [1.54, 1.807) is 0 Å². The summed E-state index contributed by atoms with van der Waals surface area (Å²) in [7, 11) is 0. The molecule has 0 saturated carbocycles. The van der Waals surface area contributed by atoms with Crippen LogP contribution in [0.5, 0.6) is 5.75 Å². The van der Waals surface area contributed by atoms with Gasteiger partial charge in [0.15, 0.2) is 0 Å². The second-order valence-corrected chi connectivity index (χ2v) is 5.69. The quantitative estimate of drug-likeness (QED) is 0.603. The van der Waals surface area contributed by atoms with Crippen LogP contribution in [-0.2, 0) is 6.54 Å². The molecular formula is C18H19NOS. The summed E-state index contributed by atoms with van der Waals surface area (Å²) in [4.78, 5) is 1.27. The molecule has 3 heteroatoms. The normalized spacial score (nSPS) is 9.90. The molecule has 0 saturated heterocycles. The van der Waals surface area contributed by atoms with Gasteiger partial charge >= 0.3 is 0 Å². The highest BCUT2D eigenvalue weighted by Gasteiger charge is 2.05. The highest BCUT2D eigenvalue weighted by molar-refractivity contribution is 7.99. The highest BCUT2D eigenvalue weighted by Crippen LogP contribution is 2.28. The van der Waals surface area contributed by atoms with Crippen molar-refractivity contribution >= 4 is 17.4 Å². The van der Waals surface area contributed by atoms with Crippen molar-refractivity contribution in [1.29, 1.82) is 0 Å². The van der Waals surface area contributed by atoms with Crippen LogP contribution in [0.15, 0.2) is 53.4 Å². The fraction of sp³-hybridized carbons (Fsp3) is 0.222. The Morgan fingerprint density at radius 2 is 1.90 bits per heavy atom. The van der Waals surface area contributed by atoms with Gasteiger partial charge in [-0.25, -0.2) is 0 Å². The van der Waals surface area contributed by atoms with E-state index >= 15 is 0 Å². The van der Waals surface area contributed by atoms with Crippen LogP contribution in [0.4, 0.5) is 5.69 Å². The van der Waals surface area contributed by atoms with Crippen LogP contribution in [0.1, 0.15) is 12.5 Å². The first-order valence-electron chi connectivity index (χ1n) is 6.95. The molecule has 0 spiro atoms. The summed E-state index contributed by atoms with van der Waals surface area (Å²) in [6.45, 7) is 3.16. The van der Waals surface area contributed by atoms with E-state index in [9.17, 15) is 0 Å². The van der Waals surface area contributed by atoms with Crippen LogP contribution in [0.25, 0.3) is 0 Å². The Balaban J connectivity index is 2.08. The fourth-order valence-corrected chi connectivity index (χ4v) is 2.78. The number of benzene rings is 2. The summed E-state index contributed by atoms with van der Waals surface area (Å²) >= 11 is 1.83. The lowest BCUT2D eigenvalue weighted by molar-refractivity contribution is 0.366. The van der Waals surface area contributed by atoms with Gasteiger partial charge in [0.05, 0.1) is 0 Å². The van der Waals surface area contributed by atoms with E-state index in [1.807, 2.05) is 36.0 Å². The zero-order valence-corrected chi connectivity index (χ0v) is 13.0. The summed E-state index contributed by atoms with van der Waals surface area (Å²) in [6.07, 6.45) is 5.25. The number of terminal acetylenes is 1. The van der Waals surface area contributed by atoms with Crippen LogP contribution in [-0.4, -0.2) is 12.4 Å². The van der Waals surface area contributed by atoms with Crippen LogP contribution in [0, 0.1) is 12.3 Å². The minimum absolute atomic E-state index is 0.291. The lowest BCUT2D eigenvalue weighted by Gasteiger charge is -2.13. The van der Waals surface area contributed by atoms with E-state index in [0.29, 0.717) is 13.2 Å². The van der Waals surface area contributed by atoms with Crippen molar-refractivity contribution in [3.8, 4) is 18.1 Å². The number of hydrogen-bond acceptors (Lipinski definition) is 3. The molecule has 0 amide bonds. The van der Waals surface area contributed by atoms with E-state index in [2.05, 4.69) is 42.4 Å². The summed E-state index contributed by atoms with van der Waals surface area (Å²) in [5.74, 6) is 4.39. The van der Waals surface area contributed by atoms with E-state index in [4.69, 9.17) is 11.2 Å². The van der Waals surface area contributed by atoms with E-state index in [1.165, 1.54) is 4.90 Å². The maximum Gasteiger partial charge on any atom is 0.148 e. The first-order chi connectivity index (χ1) is 10.3. The molecule has 0 aliphatic rings. The van der Waals surface area contributed by atoms with E-state index in [-0.39, 0.29) is 0 Å². The number of anilines is 1. The third kappa shape index (κ3) is 4.47. The van der Waals surface area contributed by atoms with Crippen molar-refractivity contribution in [2.24, 2.45) is 0 Å². The summed E-state index contributed by atoms with van der Waals surface area (Å²) in [5.41, 5.74) is 2.25. The Labute approximate surface area is 130 Å². The number of rotatable bonds is 7. The molecule has 0 radical (unpaired) electrons. The Kier molecular flexibility index (Phi) is 6.05. The van der Waals surface area contributed by atoms with Gasteiger partial charge in [-0.05, 0) is 24.0 Å². The average molecular weight is 297 g/mol. The van der Waals surface area contributed by atoms with Crippen molar-refractivity contribution in [3.63, 3.8) is 0 Å². The zero-order chi connectivity index (χ0) is 14.9. The molecule has 108 valence electrons. The second kappa shape index (κ2) is 8.28. The lowest BCUT2D eigenvalue weighted by atomic mass is 10.2. The first-order valence-corrected chi connectivity index (χ1v) is 7.93. The number of nitrogens with one attached hydrogen (secondary N) is 1. The Morgan fingerprint density at radius 3 is 2.71 bits per heavy atom. The van der Waals surface area contributed by atoms with Crippen LogP contribution >= 0.6 is 11.8 Å². The minimum Gasteiger partial charge on any atom is -0.481 e. The molecule has 2 rings (SSSR count). The average Bonchev–Trinajstić information content (AvgIpc) is 2.53. The molecule has 0 fully saturated rings. The van der Waals surface area contributed by atoms with Crippen molar-refractivity contribution in [3.05, 3.63) is 54.1 Å². The number of thioether (sulfide) groups is 1. The number of para-hydroxylation sites is 2. The van der Waals surface area contributed by atoms with Crippen LogP contribution in [0.2, 0.25) is 0 Å². The van der Waals surface area contributed by atoms with Crippen LogP contribution in [0.3, 0.4) is 0 Å². The van der Waals surface area contributed by atoms with Gasteiger partial charge < -0.3 is 10.1 Å². The molecule has 0 aliphatic carbocycles. The highest BCUT2D eigenvalue weighted by atomic mass is 32.2. The number of ether oxygens (including phenoxy) is 1. The third-order valence-corrected chi connectivity index (χ3v) is 3.90. The maximum atomic E-state index is 5.57. The van der Waals surface area contributed by atoms with Gasteiger partial charge in [-0.3, -0.25) is 0 Å². The topological polar surface area (TPSA) is 21.3 Å². The van der Waals surface area contributed by atoms with Crippen molar-refractivity contribution < 1.29 is 4.74 Å². The SMILES string of the molecule is C#CCOc1ccccc1CNc1ccccc1SCC. The monoisotopic (exact) mass is 297 g/mol. The van der Waals surface area contributed by atoms with E-state index < -0.39 is 0 Å². The second-order valence-electron chi connectivity index (χ2n) is 4.38. The van der Waals surface area contributed by atoms with Crippen LogP contribution < -0.4 is 10.1 Å². The van der Waals surface area contributed by atoms with Gasteiger partial charge in [0.25, 0.3) is 0 Å². The predicted molar refractivity (Wildman–Crippen MR) is 90.9 cm³/mol. The Hall–Kier alpha value is -2.05. The lowest BCUT2D eigenvalue weighted by Crippen LogP contribution is -2.04. The summed E-state index contributed by atoms with van der Waals surface area (Å²) < 4.78 is 5.57. The Morgan fingerprint density at radius 1 is 1.14 bits per heavy atom. The molecular weight excluding hydrogens is 278 g/mol. The van der Waals surface area contributed by atoms with Gasteiger partial charge in [0.1, 0.15) is 12.4 Å². The molecule has 0 atom stereocenters. The third-order valence-electron chi connectivity index (χ3n) is 2.94. The molecule has 0 bridgehead atoms. The molecule has 2 nitrogen and oxygen atoms in total. The molecule has 0 aliphatic heterocycles. The molecule has 21 heavy (non-hydrogen) atoms. The molecule has 0 aromatic heterocycles. The van der Waals surface area contributed by atoms with Gasteiger partial charge in [-0.1, -0.05) is 43.2 Å². The maximum absolute atomic E-state index is 5.57. The van der Waals surface area contributed by atoms with Crippen molar-refractivity contribution in [2.45, 2.75) is 18.4 Å². The van der Waals surface area contributed by atoms with Gasteiger partial charge in [0.2, 0.25) is 0 Å². The molecule has 0 heterocycles. The molecule has 1 N–H and O–H groups in total. The van der Waals surface area contributed by atoms with Gasteiger partial charge in [-0.15, -0.1) is 18.2 Å². The van der Waals surface area contributed by atoms with Gasteiger partial charge in [-0.2, -0.15) is 0 Å². The summed E-state index contributed by atoms with van der Waals surface area (Å²) in [5, 5.41) is 3.48. The number of hydrogen-bond donors (Lipinski definition) is 1. The smallest absolute Gasteiger partial charge is 0.148 e. The fourth-order valence-electron chi connectivity index (χ4n) is 1.99. The van der Waals surface area contributed by atoms with Gasteiger partial charge in [0, 0.05) is 22.7 Å². The Bertz CT molecular complexity index is 619. The minimum atomic E-state index is 0.291. The van der Waals surface area contributed by atoms with Crippen molar-refractivity contribution in [1.82, 2.24) is 0 Å².